The first-order valence-corrected chi connectivity index (χ1v) is 5.31. The summed E-state index contributed by atoms with van der Waals surface area (Å²) in [6, 6.07) is 0. The van der Waals surface area contributed by atoms with Crippen LogP contribution in [-0.2, 0) is 23.5 Å². The fourth-order valence-electron chi connectivity index (χ4n) is 0.846. The Morgan fingerprint density at radius 2 is 2.29 bits per heavy atom. The van der Waals surface area contributed by atoms with Gasteiger partial charge >= 0.3 is 10.4 Å². The molecular weight excluding hydrogens is 216 g/mol. The van der Waals surface area contributed by atoms with E-state index in [2.05, 4.69) is 8.37 Å². The highest BCUT2D eigenvalue weighted by molar-refractivity contribution is 7.82. The molecule has 2 atom stereocenters. The molecule has 0 aromatic heterocycles. The van der Waals surface area contributed by atoms with Crippen molar-refractivity contribution in [1.29, 1.82) is 0 Å². The fourth-order valence-corrected chi connectivity index (χ4v) is 1.66. The monoisotopic (exact) mass is 228 g/mol. The zero-order valence-electron chi connectivity index (χ0n) is 7.33. The van der Waals surface area contributed by atoms with Crippen molar-refractivity contribution >= 4 is 10.4 Å². The van der Waals surface area contributed by atoms with E-state index in [-0.39, 0.29) is 19.8 Å². The Bertz CT molecular complexity index is 261. The normalized spacial score (nSPS) is 27.7. The van der Waals surface area contributed by atoms with Crippen LogP contribution in [0.15, 0.2) is 0 Å². The Morgan fingerprint density at radius 3 is 2.79 bits per heavy atom. The predicted molar refractivity (Wildman–Crippen MR) is 43.7 cm³/mol. The smallest absolute Gasteiger partial charge is 0.394 e. The van der Waals surface area contributed by atoms with E-state index in [4.69, 9.17) is 14.9 Å². The highest BCUT2D eigenvalue weighted by Crippen LogP contribution is 2.12. The van der Waals surface area contributed by atoms with Crippen molar-refractivity contribution in [3.8, 4) is 0 Å². The highest BCUT2D eigenvalue weighted by Gasteiger charge is 2.30. The molecule has 2 unspecified atom stereocenters. The minimum atomic E-state index is -3.84. The zero-order valence-corrected chi connectivity index (χ0v) is 8.14. The Labute approximate surface area is 81.5 Å². The predicted octanol–water partition coefficient (Wildman–Crippen LogP) is -1.98. The van der Waals surface area contributed by atoms with E-state index in [9.17, 15) is 8.42 Å². The Kier molecular flexibility index (Phi) is 4.23. The number of hydrogen-bond acceptors (Lipinski definition) is 7. The lowest BCUT2D eigenvalue weighted by Crippen LogP contribution is -2.24. The lowest BCUT2D eigenvalue weighted by molar-refractivity contribution is -0.0151. The molecule has 0 aromatic carbocycles. The number of hydrogen-bond donors (Lipinski definition) is 2. The standard InChI is InChI=1S/C6H12O7S/c7-1-5(8)2-11-3-6-4-12-14(9,10)13-6/h5-8H,1-4H2. The van der Waals surface area contributed by atoms with E-state index in [0.717, 1.165) is 0 Å². The molecule has 0 amide bonds. The van der Waals surface area contributed by atoms with Crippen LogP contribution in [-0.4, -0.2) is 57.3 Å². The van der Waals surface area contributed by atoms with Gasteiger partial charge in [-0.1, -0.05) is 0 Å². The van der Waals surface area contributed by atoms with Crippen LogP contribution in [0.25, 0.3) is 0 Å². The van der Waals surface area contributed by atoms with Gasteiger partial charge in [-0.2, -0.15) is 8.42 Å². The van der Waals surface area contributed by atoms with Gasteiger partial charge in [0, 0.05) is 0 Å². The average molecular weight is 228 g/mol. The lowest BCUT2D eigenvalue weighted by atomic mass is 10.4. The molecule has 0 aromatic rings. The first-order chi connectivity index (χ1) is 6.53. The molecule has 0 spiro atoms. The molecule has 14 heavy (non-hydrogen) atoms. The zero-order chi connectivity index (χ0) is 10.6. The van der Waals surface area contributed by atoms with Crippen molar-refractivity contribution < 1.29 is 31.7 Å². The molecule has 0 bridgehead atoms. The number of aliphatic hydroxyl groups is 2. The summed E-state index contributed by atoms with van der Waals surface area (Å²) in [4.78, 5) is 0. The van der Waals surface area contributed by atoms with Gasteiger partial charge in [0.25, 0.3) is 0 Å². The van der Waals surface area contributed by atoms with Crippen LogP contribution in [0, 0.1) is 0 Å². The summed E-state index contributed by atoms with van der Waals surface area (Å²) in [5.41, 5.74) is 0. The van der Waals surface area contributed by atoms with E-state index in [1.165, 1.54) is 0 Å². The van der Waals surface area contributed by atoms with Gasteiger partial charge in [0.05, 0.1) is 26.4 Å². The van der Waals surface area contributed by atoms with Gasteiger partial charge in [0.1, 0.15) is 12.2 Å². The molecule has 0 saturated carbocycles. The first kappa shape index (κ1) is 11.8. The van der Waals surface area contributed by atoms with Crippen molar-refractivity contribution in [3.05, 3.63) is 0 Å². The van der Waals surface area contributed by atoms with Crippen molar-refractivity contribution in [2.24, 2.45) is 0 Å². The molecule has 1 saturated heterocycles. The second kappa shape index (κ2) is 5.01. The lowest BCUT2D eigenvalue weighted by Gasteiger charge is -2.09. The molecular formula is C6H12O7S. The maximum absolute atomic E-state index is 10.6. The van der Waals surface area contributed by atoms with Crippen LogP contribution in [0.4, 0.5) is 0 Å². The van der Waals surface area contributed by atoms with E-state index in [1.54, 1.807) is 0 Å². The molecule has 0 aliphatic carbocycles. The quantitative estimate of drug-likeness (QED) is 0.562. The number of aliphatic hydroxyl groups excluding tert-OH is 2. The molecule has 1 rings (SSSR count). The van der Waals surface area contributed by atoms with Crippen molar-refractivity contribution in [1.82, 2.24) is 0 Å². The van der Waals surface area contributed by atoms with E-state index in [1.807, 2.05) is 0 Å². The van der Waals surface area contributed by atoms with Gasteiger partial charge in [-0.15, -0.1) is 0 Å². The van der Waals surface area contributed by atoms with Crippen LogP contribution in [0.1, 0.15) is 0 Å². The molecule has 84 valence electrons. The Hall–Kier alpha value is -0.250. The number of rotatable bonds is 5. The molecule has 2 N–H and O–H groups in total. The summed E-state index contributed by atoms with van der Waals surface area (Å²) in [7, 11) is -3.84. The van der Waals surface area contributed by atoms with E-state index in [0.29, 0.717) is 0 Å². The van der Waals surface area contributed by atoms with Crippen molar-refractivity contribution in [3.63, 3.8) is 0 Å². The third-order valence-corrected chi connectivity index (χ3v) is 2.41. The van der Waals surface area contributed by atoms with Gasteiger partial charge in [-0.25, -0.2) is 8.37 Å². The second-order valence-corrected chi connectivity index (χ2v) is 4.03. The van der Waals surface area contributed by atoms with Gasteiger partial charge in [-0.3, -0.25) is 0 Å². The SMILES string of the molecule is O=S1(=O)OCC(COCC(O)CO)O1. The summed E-state index contributed by atoms with van der Waals surface area (Å²) in [5.74, 6) is 0. The molecule has 8 heteroatoms. The third-order valence-electron chi connectivity index (χ3n) is 1.48. The van der Waals surface area contributed by atoms with E-state index >= 15 is 0 Å². The first-order valence-electron chi connectivity index (χ1n) is 3.98. The maximum Gasteiger partial charge on any atom is 0.400 e. The highest BCUT2D eigenvalue weighted by atomic mass is 32.3. The maximum atomic E-state index is 10.6. The van der Waals surface area contributed by atoms with Crippen molar-refractivity contribution in [2.75, 3.05) is 26.4 Å². The van der Waals surface area contributed by atoms with Gasteiger partial charge < -0.3 is 14.9 Å². The van der Waals surface area contributed by atoms with E-state index < -0.39 is 29.2 Å². The molecule has 1 heterocycles. The minimum absolute atomic E-state index is 0.00368. The van der Waals surface area contributed by atoms with Gasteiger partial charge in [0.15, 0.2) is 0 Å². The van der Waals surface area contributed by atoms with Crippen LogP contribution < -0.4 is 0 Å². The summed E-state index contributed by atoms with van der Waals surface area (Å²) in [6.45, 7) is -0.565. The Morgan fingerprint density at radius 1 is 1.57 bits per heavy atom. The van der Waals surface area contributed by atoms with Gasteiger partial charge in [0.2, 0.25) is 0 Å². The summed E-state index contributed by atoms with van der Waals surface area (Å²) < 4.78 is 34.8. The summed E-state index contributed by atoms with van der Waals surface area (Å²) >= 11 is 0. The number of ether oxygens (including phenoxy) is 1. The van der Waals surface area contributed by atoms with Crippen LogP contribution >= 0.6 is 0 Å². The Balaban J connectivity index is 2.15. The average Bonchev–Trinajstić information content (AvgIpc) is 2.45. The van der Waals surface area contributed by atoms with Crippen LogP contribution in [0.5, 0.6) is 0 Å². The minimum Gasteiger partial charge on any atom is -0.394 e. The summed E-state index contributed by atoms with van der Waals surface area (Å²) in [6.07, 6.45) is -1.64. The third kappa shape index (κ3) is 3.86. The van der Waals surface area contributed by atoms with Crippen LogP contribution in [0.3, 0.4) is 0 Å². The van der Waals surface area contributed by atoms with Gasteiger partial charge in [-0.05, 0) is 0 Å². The fraction of sp³-hybridized carbons (Fsp3) is 1.00. The molecule has 7 nitrogen and oxygen atoms in total. The molecule has 1 aliphatic rings. The summed E-state index contributed by atoms with van der Waals surface area (Å²) in [5, 5.41) is 17.3. The topological polar surface area (TPSA) is 102 Å². The largest absolute Gasteiger partial charge is 0.400 e. The van der Waals surface area contributed by atoms with Crippen LogP contribution in [0.2, 0.25) is 0 Å². The molecule has 1 fully saturated rings. The van der Waals surface area contributed by atoms with Crippen molar-refractivity contribution in [2.45, 2.75) is 12.2 Å². The molecule has 0 radical (unpaired) electrons. The second-order valence-electron chi connectivity index (χ2n) is 2.78. The molecule has 1 aliphatic heterocycles.